The summed E-state index contributed by atoms with van der Waals surface area (Å²) >= 11 is 0. The highest BCUT2D eigenvalue weighted by atomic mass is 16.5. The largest absolute Gasteiger partial charge is 0.462 e. The first kappa shape index (κ1) is 12.5. The normalized spacial score (nSPS) is 14.4. The lowest BCUT2D eigenvalue weighted by atomic mass is 9.90. The minimum absolute atomic E-state index is 0.0150. The van der Waals surface area contributed by atoms with E-state index in [4.69, 9.17) is 4.74 Å². The van der Waals surface area contributed by atoms with Gasteiger partial charge in [-0.1, -0.05) is 34.6 Å². The van der Waals surface area contributed by atoms with Crippen molar-refractivity contribution in [3.05, 3.63) is 0 Å². The molecule has 0 amide bonds. The molecule has 0 rings (SSSR count). The second-order valence-electron chi connectivity index (χ2n) is 5.10. The van der Waals surface area contributed by atoms with Crippen molar-refractivity contribution in [2.45, 2.75) is 54.1 Å². The third-order valence-corrected chi connectivity index (χ3v) is 2.10. The van der Waals surface area contributed by atoms with Gasteiger partial charge in [0.25, 0.3) is 0 Å². The smallest absolute Gasteiger partial charge is 0.306 e. The van der Waals surface area contributed by atoms with Crippen molar-refractivity contribution in [3.8, 4) is 0 Å². The maximum atomic E-state index is 11.3. The van der Waals surface area contributed by atoms with Crippen LogP contribution in [-0.4, -0.2) is 12.1 Å². The lowest BCUT2D eigenvalue weighted by molar-refractivity contribution is -0.154. The number of carbonyl (C=O) groups is 1. The fourth-order valence-electron chi connectivity index (χ4n) is 0.755. The van der Waals surface area contributed by atoms with E-state index in [1.165, 1.54) is 0 Å². The van der Waals surface area contributed by atoms with Crippen LogP contribution in [0.2, 0.25) is 0 Å². The van der Waals surface area contributed by atoms with Gasteiger partial charge < -0.3 is 4.74 Å². The molecule has 0 aliphatic carbocycles. The zero-order valence-electron chi connectivity index (χ0n) is 9.68. The molecule has 0 radical (unpaired) electrons. The molecule has 0 bridgehead atoms. The Bertz CT molecular complexity index is 165. The summed E-state index contributed by atoms with van der Waals surface area (Å²) in [6, 6.07) is 0. The summed E-state index contributed by atoms with van der Waals surface area (Å²) in [6.07, 6.45) is 0.499. The summed E-state index contributed by atoms with van der Waals surface area (Å²) in [5, 5.41) is 0. The molecular weight excluding hydrogens is 164 g/mol. The van der Waals surface area contributed by atoms with Gasteiger partial charge >= 0.3 is 5.97 Å². The molecule has 78 valence electrons. The van der Waals surface area contributed by atoms with Gasteiger partial charge in [-0.15, -0.1) is 0 Å². The van der Waals surface area contributed by atoms with Gasteiger partial charge in [-0.2, -0.15) is 0 Å². The first-order valence-electron chi connectivity index (χ1n) is 4.93. The topological polar surface area (TPSA) is 26.3 Å². The average molecular weight is 186 g/mol. The molecule has 0 unspecified atom stereocenters. The van der Waals surface area contributed by atoms with Crippen molar-refractivity contribution in [1.82, 2.24) is 0 Å². The standard InChI is InChI=1S/C11H22O2/c1-8(2)7-10(12)13-9(3)11(4,5)6/h8-9H,7H2,1-6H3/t9-/m1/s1. The Labute approximate surface area is 81.7 Å². The molecule has 0 aliphatic rings. The third kappa shape index (κ3) is 5.67. The fraction of sp³-hybridized carbons (Fsp3) is 0.909. The number of ether oxygens (including phenoxy) is 1. The van der Waals surface area contributed by atoms with E-state index in [2.05, 4.69) is 20.8 Å². The van der Waals surface area contributed by atoms with Gasteiger partial charge in [0.05, 0.1) is 0 Å². The lowest BCUT2D eigenvalue weighted by Crippen LogP contribution is -2.29. The SMILES string of the molecule is CC(C)CC(=O)O[C@H](C)C(C)(C)C. The van der Waals surface area contributed by atoms with Crippen LogP contribution in [0, 0.1) is 11.3 Å². The van der Waals surface area contributed by atoms with E-state index in [-0.39, 0.29) is 17.5 Å². The first-order chi connectivity index (χ1) is 5.73. The first-order valence-corrected chi connectivity index (χ1v) is 4.93. The van der Waals surface area contributed by atoms with Gasteiger partial charge in [0, 0.05) is 6.42 Å². The highest BCUT2D eigenvalue weighted by Gasteiger charge is 2.23. The fourth-order valence-corrected chi connectivity index (χ4v) is 0.755. The van der Waals surface area contributed by atoms with Crippen LogP contribution in [0.25, 0.3) is 0 Å². The number of hydrogen-bond acceptors (Lipinski definition) is 2. The van der Waals surface area contributed by atoms with Crippen LogP contribution in [0.1, 0.15) is 48.0 Å². The summed E-state index contributed by atoms with van der Waals surface area (Å²) < 4.78 is 5.29. The zero-order valence-corrected chi connectivity index (χ0v) is 9.68. The molecule has 0 N–H and O–H groups in total. The van der Waals surface area contributed by atoms with E-state index in [1.807, 2.05) is 20.8 Å². The Morgan fingerprint density at radius 2 is 1.69 bits per heavy atom. The van der Waals surface area contributed by atoms with Crippen LogP contribution in [0.4, 0.5) is 0 Å². The van der Waals surface area contributed by atoms with Gasteiger partial charge in [0.15, 0.2) is 0 Å². The molecule has 0 saturated heterocycles. The molecule has 1 atom stereocenters. The molecule has 0 aromatic heterocycles. The van der Waals surface area contributed by atoms with Gasteiger partial charge in [-0.3, -0.25) is 4.79 Å². The van der Waals surface area contributed by atoms with Crippen LogP contribution >= 0.6 is 0 Å². The molecule has 13 heavy (non-hydrogen) atoms. The van der Waals surface area contributed by atoms with Gasteiger partial charge in [-0.25, -0.2) is 0 Å². The van der Waals surface area contributed by atoms with E-state index < -0.39 is 0 Å². The minimum Gasteiger partial charge on any atom is -0.462 e. The average Bonchev–Trinajstić information content (AvgIpc) is 1.82. The predicted molar refractivity (Wildman–Crippen MR) is 54.5 cm³/mol. The predicted octanol–water partition coefficient (Wildman–Crippen LogP) is 3.01. The minimum atomic E-state index is -0.0857. The third-order valence-electron chi connectivity index (χ3n) is 2.10. The van der Waals surface area contributed by atoms with Gasteiger partial charge in [0.2, 0.25) is 0 Å². The van der Waals surface area contributed by atoms with Crippen molar-refractivity contribution < 1.29 is 9.53 Å². The summed E-state index contributed by atoms with van der Waals surface area (Å²) in [7, 11) is 0. The van der Waals surface area contributed by atoms with Crippen molar-refractivity contribution in [2.24, 2.45) is 11.3 Å². The second-order valence-corrected chi connectivity index (χ2v) is 5.10. The summed E-state index contributed by atoms with van der Waals surface area (Å²) in [4.78, 5) is 11.3. The molecule has 0 fully saturated rings. The van der Waals surface area contributed by atoms with E-state index in [9.17, 15) is 4.79 Å². The van der Waals surface area contributed by atoms with Crippen LogP contribution in [0.5, 0.6) is 0 Å². The second kappa shape index (κ2) is 4.64. The summed E-state index contributed by atoms with van der Waals surface area (Å²) in [5.74, 6) is 0.289. The number of esters is 1. The van der Waals surface area contributed by atoms with Crippen molar-refractivity contribution in [2.75, 3.05) is 0 Å². The van der Waals surface area contributed by atoms with Crippen molar-refractivity contribution in [3.63, 3.8) is 0 Å². The molecule has 0 heterocycles. The van der Waals surface area contributed by atoms with E-state index in [1.54, 1.807) is 0 Å². The summed E-state index contributed by atoms with van der Waals surface area (Å²) in [6.45, 7) is 12.2. The molecule has 0 aliphatic heterocycles. The lowest BCUT2D eigenvalue weighted by Gasteiger charge is -2.27. The highest BCUT2D eigenvalue weighted by molar-refractivity contribution is 5.69. The monoisotopic (exact) mass is 186 g/mol. The van der Waals surface area contributed by atoms with Crippen molar-refractivity contribution >= 4 is 5.97 Å². The van der Waals surface area contributed by atoms with E-state index >= 15 is 0 Å². The molecule has 2 nitrogen and oxygen atoms in total. The molecule has 0 aromatic rings. The summed E-state index contributed by atoms with van der Waals surface area (Å²) in [5.41, 5.74) is 0.0344. The van der Waals surface area contributed by atoms with E-state index in [0.717, 1.165) is 0 Å². The quantitative estimate of drug-likeness (QED) is 0.633. The Morgan fingerprint density at radius 3 is 2.00 bits per heavy atom. The van der Waals surface area contributed by atoms with E-state index in [0.29, 0.717) is 12.3 Å². The van der Waals surface area contributed by atoms with Crippen LogP contribution < -0.4 is 0 Å². The Morgan fingerprint density at radius 1 is 1.23 bits per heavy atom. The molecule has 0 spiro atoms. The molecular formula is C11H22O2. The van der Waals surface area contributed by atoms with Crippen LogP contribution in [0.3, 0.4) is 0 Å². The Balaban J connectivity index is 3.93. The van der Waals surface area contributed by atoms with Crippen LogP contribution in [0.15, 0.2) is 0 Å². The number of hydrogen-bond donors (Lipinski definition) is 0. The van der Waals surface area contributed by atoms with Gasteiger partial charge in [0.1, 0.15) is 6.10 Å². The van der Waals surface area contributed by atoms with Crippen molar-refractivity contribution in [1.29, 1.82) is 0 Å². The van der Waals surface area contributed by atoms with Gasteiger partial charge in [-0.05, 0) is 18.3 Å². The zero-order chi connectivity index (χ0) is 10.6. The maximum Gasteiger partial charge on any atom is 0.306 e. The number of carbonyl (C=O) groups excluding carboxylic acids is 1. The molecule has 0 aromatic carbocycles. The number of rotatable bonds is 3. The Kier molecular flexibility index (Phi) is 4.45. The maximum absolute atomic E-state index is 11.3. The van der Waals surface area contributed by atoms with Crippen LogP contribution in [-0.2, 0) is 9.53 Å². The Hall–Kier alpha value is -0.530. The highest BCUT2D eigenvalue weighted by Crippen LogP contribution is 2.22. The molecule has 2 heteroatoms. The molecule has 0 saturated carbocycles.